The van der Waals surface area contributed by atoms with E-state index in [2.05, 4.69) is 10.2 Å². The summed E-state index contributed by atoms with van der Waals surface area (Å²) in [5.41, 5.74) is 0.138. The Morgan fingerprint density at radius 2 is 2.00 bits per heavy atom. The van der Waals surface area contributed by atoms with E-state index in [9.17, 15) is 9.59 Å². The van der Waals surface area contributed by atoms with Crippen molar-refractivity contribution in [2.45, 2.75) is 18.9 Å². The molecule has 0 spiro atoms. The SMILES string of the molecule is Cn1nc(C(=O)N2CCC[C@H](n3cccn3)C2)c2ccccc2c1=O. The minimum Gasteiger partial charge on any atom is -0.335 e. The monoisotopic (exact) mass is 337 g/mol. The number of carbonyl (C=O) groups excluding carboxylic acids is 1. The molecule has 2 aromatic heterocycles. The molecular formula is C18H19N5O2. The maximum Gasteiger partial charge on any atom is 0.275 e. The Labute approximate surface area is 144 Å². The molecule has 1 aliphatic rings. The molecule has 7 nitrogen and oxygen atoms in total. The molecule has 0 bridgehead atoms. The second kappa shape index (κ2) is 6.16. The molecule has 0 aliphatic carbocycles. The van der Waals surface area contributed by atoms with Crippen molar-refractivity contribution in [3.63, 3.8) is 0 Å². The van der Waals surface area contributed by atoms with Gasteiger partial charge >= 0.3 is 0 Å². The van der Waals surface area contributed by atoms with Crippen LogP contribution in [0.2, 0.25) is 0 Å². The van der Waals surface area contributed by atoms with Crippen LogP contribution in [-0.2, 0) is 7.05 Å². The van der Waals surface area contributed by atoms with Gasteiger partial charge in [-0.1, -0.05) is 18.2 Å². The summed E-state index contributed by atoms with van der Waals surface area (Å²) in [6.07, 6.45) is 5.59. The fourth-order valence-corrected chi connectivity index (χ4v) is 3.46. The Morgan fingerprint density at radius 1 is 1.20 bits per heavy atom. The molecular weight excluding hydrogens is 318 g/mol. The largest absolute Gasteiger partial charge is 0.335 e. The zero-order valence-corrected chi connectivity index (χ0v) is 14.0. The normalized spacial score (nSPS) is 17.8. The summed E-state index contributed by atoms with van der Waals surface area (Å²) in [5.74, 6) is -0.136. The first-order valence-electron chi connectivity index (χ1n) is 8.39. The molecule has 0 N–H and O–H groups in total. The van der Waals surface area contributed by atoms with Gasteiger partial charge in [0.2, 0.25) is 0 Å². The Bertz CT molecular complexity index is 977. The predicted molar refractivity (Wildman–Crippen MR) is 93.4 cm³/mol. The number of rotatable bonds is 2. The van der Waals surface area contributed by atoms with E-state index in [1.165, 1.54) is 4.68 Å². The van der Waals surface area contributed by atoms with E-state index in [1.807, 2.05) is 27.9 Å². The second-order valence-electron chi connectivity index (χ2n) is 6.36. The topological polar surface area (TPSA) is 73.0 Å². The standard InChI is InChI=1S/C18H19N5O2/c1-21-17(24)15-8-3-2-7-14(15)16(20-21)18(25)22-10-4-6-13(12-22)23-11-5-9-19-23/h2-3,5,7-9,11,13H,4,6,10,12H2,1H3/t13-/m0/s1. The van der Waals surface area contributed by atoms with Crippen LogP contribution in [0.15, 0.2) is 47.5 Å². The van der Waals surface area contributed by atoms with Gasteiger partial charge in [-0.25, -0.2) is 4.68 Å². The van der Waals surface area contributed by atoms with E-state index in [1.54, 1.807) is 31.4 Å². The van der Waals surface area contributed by atoms with E-state index >= 15 is 0 Å². The summed E-state index contributed by atoms with van der Waals surface area (Å²) in [7, 11) is 1.58. The summed E-state index contributed by atoms with van der Waals surface area (Å²) < 4.78 is 3.15. The summed E-state index contributed by atoms with van der Waals surface area (Å²) in [6, 6.07) is 9.20. The molecule has 0 saturated carbocycles. The van der Waals surface area contributed by atoms with Crippen molar-refractivity contribution in [3.05, 3.63) is 58.8 Å². The first-order chi connectivity index (χ1) is 12.1. The van der Waals surface area contributed by atoms with Gasteiger partial charge in [-0.3, -0.25) is 14.3 Å². The first-order valence-corrected chi connectivity index (χ1v) is 8.39. The van der Waals surface area contributed by atoms with Crippen LogP contribution >= 0.6 is 0 Å². The van der Waals surface area contributed by atoms with Crippen molar-refractivity contribution in [1.82, 2.24) is 24.5 Å². The van der Waals surface area contributed by atoms with Crippen LogP contribution < -0.4 is 5.56 Å². The highest BCUT2D eigenvalue weighted by Gasteiger charge is 2.28. The number of likely N-dealkylation sites (tertiary alicyclic amines) is 1. The van der Waals surface area contributed by atoms with Gasteiger partial charge in [0.25, 0.3) is 11.5 Å². The summed E-state index contributed by atoms with van der Waals surface area (Å²) in [6.45, 7) is 1.29. The Balaban J connectivity index is 1.70. The van der Waals surface area contributed by atoms with Crippen molar-refractivity contribution in [2.24, 2.45) is 7.05 Å². The lowest BCUT2D eigenvalue weighted by Gasteiger charge is -2.32. The molecule has 25 heavy (non-hydrogen) atoms. The van der Waals surface area contributed by atoms with E-state index in [-0.39, 0.29) is 17.5 Å². The van der Waals surface area contributed by atoms with Crippen LogP contribution in [0.1, 0.15) is 29.4 Å². The third-order valence-electron chi connectivity index (χ3n) is 4.74. The lowest BCUT2D eigenvalue weighted by molar-refractivity contribution is 0.0667. The van der Waals surface area contributed by atoms with E-state index in [0.29, 0.717) is 29.6 Å². The van der Waals surface area contributed by atoms with E-state index in [0.717, 1.165) is 12.8 Å². The fourth-order valence-electron chi connectivity index (χ4n) is 3.46. The van der Waals surface area contributed by atoms with Crippen molar-refractivity contribution in [1.29, 1.82) is 0 Å². The van der Waals surface area contributed by atoms with Gasteiger partial charge in [0, 0.05) is 37.9 Å². The fraction of sp³-hybridized carbons (Fsp3) is 0.333. The molecule has 1 aromatic carbocycles. The van der Waals surface area contributed by atoms with Crippen LogP contribution in [0.3, 0.4) is 0 Å². The smallest absolute Gasteiger partial charge is 0.275 e. The van der Waals surface area contributed by atoms with Gasteiger partial charge < -0.3 is 4.90 Å². The molecule has 1 saturated heterocycles. The second-order valence-corrected chi connectivity index (χ2v) is 6.36. The van der Waals surface area contributed by atoms with Crippen molar-refractivity contribution < 1.29 is 4.79 Å². The molecule has 0 unspecified atom stereocenters. The van der Waals surface area contributed by atoms with Crippen molar-refractivity contribution >= 4 is 16.7 Å². The lowest BCUT2D eigenvalue weighted by Crippen LogP contribution is -2.42. The maximum absolute atomic E-state index is 13.1. The van der Waals surface area contributed by atoms with E-state index in [4.69, 9.17) is 0 Å². The number of aryl methyl sites for hydroxylation is 1. The number of benzene rings is 1. The highest BCUT2D eigenvalue weighted by Crippen LogP contribution is 2.23. The quantitative estimate of drug-likeness (QED) is 0.712. The minimum absolute atomic E-state index is 0.136. The highest BCUT2D eigenvalue weighted by atomic mass is 16.2. The lowest BCUT2D eigenvalue weighted by atomic mass is 10.0. The number of amides is 1. The Hall–Kier alpha value is -2.96. The highest BCUT2D eigenvalue weighted by molar-refractivity contribution is 6.04. The number of hydrogen-bond donors (Lipinski definition) is 0. The summed E-state index contributed by atoms with van der Waals surface area (Å²) >= 11 is 0. The zero-order valence-electron chi connectivity index (χ0n) is 14.0. The third-order valence-corrected chi connectivity index (χ3v) is 4.74. The van der Waals surface area contributed by atoms with Crippen molar-refractivity contribution in [3.8, 4) is 0 Å². The molecule has 0 radical (unpaired) electrons. The number of piperidine rings is 1. The maximum atomic E-state index is 13.1. The van der Waals surface area contributed by atoms with Gasteiger partial charge in [0.1, 0.15) is 0 Å². The van der Waals surface area contributed by atoms with Crippen LogP contribution in [0, 0.1) is 0 Å². The third kappa shape index (κ3) is 2.71. The molecule has 1 atom stereocenters. The van der Waals surface area contributed by atoms with Crippen LogP contribution in [-0.4, -0.2) is 43.5 Å². The molecule has 128 valence electrons. The number of carbonyl (C=O) groups is 1. The predicted octanol–water partition coefficient (Wildman–Crippen LogP) is 1.61. The molecule has 3 heterocycles. The molecule has 7 heteroatoms. The molecule has 4 rings (SSSR count). The number of hydrogen-bond acceptors (Lipinski definition) is 4. The average Bonchev–Trinajstić information content (AvgIpc) is 3.19. The van der Waals surface area contributed by atoms with Crippen LogP contribution in [0.25, 0.3) is 10.8 Å². The first kappa shape index (κ1) is 15.6. The van der Waals surface area contributed by atoms with Crippen LogP contribution in [0.4, 0.5) is 0 Å². The molecule has 1 fully saturated rings. The number of nitrogens with zero attached hydrogens (tertiary/aromatic N) is 5. The minimum atomic E-state index is -0.194. The van der Waals surface area contributed by atoms with Gasteiger partial charge in [0.05, 0.1) is 11.4 Å². The van der Waals surface area contributed by atoms with Gasteiger partial charge in [-0.15, -0.1) is 0 Å². The van der Waals surface area contributed by atoms with Crippen molar-refractivity contribution in [2.75, 3.05) is 13.1 Å². The molecule has 1 amide bonds. The van der Waals surface area contributed by atoms with Gasteiger partial charge in [0.15, 0.2) is 5.69 Å². The average molecular weight is 337 g/mol. The number of fused-ring (bicyclic) bond motifs is 1. The Kier molecular flexibility index (Phi) is 3.83. The Morgan fingerprint density at radius 3 is 2.76 bits per heavy atom. The van der Waals surface area contributed by atoms with Gasteiger partial charge in [-0.05, 0) is 25.0 Å². The molecule has 1 aliphatic heterocycles. The van der Waals surface area contributed by atoms with Gasteiger partial charge in [-0.2, -0.15) is 10.2 Å². The van der Waals surface area contributed by atoms with Crippen LogP contribution in [0.5, 0.6) is 0 Å². The zero-order chi connectivity index (χ0) is 17.4. The number of aromatic nitrogens is 4. The molecule has 3 aromatic rings. The summed E-state index contributed by atoms with van der Waals surface area (Å²) in [5, 5.41) is 9.68. The van der Waals surface area contributed by atoms with E-state index < -0.39 is 0 Å². The summed E-state index contributed by atoms with van der Waals surface area (Å²) in [4.78, 5) is 27.2.